The summed E-state index contributed by atoms with van der Waals surface area (Å²) in [4.78, 5) is 28.5. The highest BCUT2D eigenvalue weighted by atomic mass is 16.1. The third-order valence-corrected chi connectivity index (χ3v) is 6.63. The topological polar surface area (TPSA) is 93.8 Å². The summed E-state index contributed by atoms with van der Waals surface area (Å²) in [6.45, 7) is 2.70. The maximum atomic E-state index is 12.7. The molecule has 0 aromatic carbocycles. The normalized spacial score (nSPS) is 24.0. The van der Waals surface area contributed by atoms with Gasteiger partial charge in [0.2, 0.25) is 0 Å². The first-order valence-electron chi connectivity index (χ1n) is 10.5. The fourth-order valence-electron chi connectivity index (χ4n) is 4.78. The van der Waals surface area contributed by atoms with E-state index in [0.29, 0.717) is 17.9 Å². The second kappa shape index (κ2) is 6.65. The molecular weight excluding hydrogens is 380 g/mol. The Bertz CT molecular complexity index is 1090. The highest BCUT2D eigenvalue weighted by molar-refractivity contribution is 5.94. The lowest BCUT2D eigenvalue weighted by Crippen LogP contribution is -2.27. The lowest BCUT2D eigenvalue weighted by Gasteiger charge is -2.19. The lowest BCUT2D eigenvalue weighted by molar-refractivity contribution is 0.0936. The van der Waals surface area contributed by atoms with Gasteiger partial charge in [-0.3, -0.25) is 9.48 Å². The van der Waals surface area contributed by atoms with Crippen LogP contribution < -0.4 is 10.2 Å². The number of rotatable bonds is 5. The fourth-order valence-corrected chi connectivity index (χ4v) is 4.78. The molecule has 4 heterocycles. The van der Waals surface area contributed by atoms with Gasteiger partial charge in [0.15, 0.2) is 0 Å². The second-order valence-corrected chi connectivity index (χ2v) is 8.70. The molecule has 2 aliphatic carbocycles. The van der Waals surface area contributed by atoms with Crippen LogP contribution in [-0.4, -0.2) is 48.3 Å². The fraction of sp³-hybridized carbons (Fsp3) is 0.476. The smallest absolute Gasteiger partial charge is 0.255 e. The molecule has 3 aliphatic rings. The number of nitrogens with one attached hydrogen (secondary N) is 1. The summed E-state index contributed by atoms with van der Waals surface area (Å²) in [5, 5.41) is 7.40. The predicted octanol–water partition coefficient (Wildman–Crippen LogP) is 1.33. The summed E-state index contributed by atoms with van der Waals surface area (Å²) in [6, 6.07) is -0.0375. The van der Waals surface area contributed by atoms with E-state index in [-0.39, 0.29) is 11.9 Å². The van der Waals surface area contributed by atoms with Crippen molar-refractivity contribution >= 4 is 11.6 Å². The highest BCUT2D eigenvalue weighted by Gasteiger charge is 2.45. The molecule has 0 spiro atoms. The van der Waals surface area contributed by atoms with Gasteiger partial charge in [0, 0.05) is 32.0 Å². The zero-order chi connectivity index (χ0) is 20.2. The van der Waals surface area contributed by atoms with Crippen molar-refractivity contribution in [2.45, 2.75) is 31.8 Å². The van der Waals surface area contributed by atoms with Gasteiger partial charge in [-0.2, -0.15) is 5.10 Å². The van der Waals surface area contributed by atoms with Crippen LogP contribution in [0.15, 0.2) is 31.1 Å². The molecule has 9 heteroatoms. The summed E-state index contributed by atoms with van der Waals surface area (Å²) in [7, 11) is 1.99. The van der Waals surface area contributed by atoms with Crippen LogP contribution in [0.2, 0.25) is 0 Å². The molecule has 1 saturated carbocycles. The second-order valence-electron chi connectivity index (χ2n) is 8.70. The van der Waals surface area contributed by atoms with Crippen LogP contribution in [0.25, 0.3) is 0 Å². The minimum Gasteiger partial charge on any atom is -0.368 e. The maximum Gasteiger partial charge on any atom is 0.255 e. The molecule has 3 aromatic heterocycles. The molecule has 1 aliphatic heterocycles. The molecule has 1 saturated heterocycles. The van der Waals surface area contributed by atoms with Crippen LogP contribution >= 0.6 is 0 Å². The van der Waals surface area contributed by atoms with Crippen LogP contribution in [0.4, 0.5) is 5.69 Å². The number of aromatic nitrogens is 6. The third kappa shape index (κ3) is 3.05. The van der Waals surface area contributed by atoms with Crippen molar-refractivity contribution in [3.8, 4) is 0 Å². The number of fused-ring (bicyclic) bond motifs is 2. The zero-order valence-electron chi connectivity index (χ0n) is 16.9. The van der Waals surface area contributed by atoms with Crippen molar-refractivity contribution in [2.24, 2.45) is 18.9 Å². The van der Waals surface area contributed by atoms with E-state index in [1.807, 2.05) is 24.0 Å². The Morgan fingerprint density at radius 3 is 2.77 bits per heavy atom. The summed E-state index contributed by atoms with van der Waals surface area (Å²) >= 11 is 0. The number of carbonyl (C=O) groups is 1. The average Bonchev–Trinajstić information content (AvgIpc) is 3.21. The highest BCUT2D eigenvalue weighted by Crippen LogP contribution is 2.46. The van der Waals surface area contributed by atoms with Gasteiger partial charge in [-0.1, -0.05) is 0 Å². The van der Waals surface area contributed by atoms with E-state index in [4.69, 9.17) is 0 Å². The predicted molar refractivity (Wildman–Crippen MR) is 109 cm³/mol. The molecule has 154 valence electrons. The molecule has 30 heavy (non-hydrogen) atoms. The molecule has 2 fully saturated rings. The van der Waals surface area contributed by atoms with E-state index in [1.54, 1.807) is 23.4 Å². The molecule has 6 rings (SSSR count). The van der Waals surface area contributed by atoms with Crippen molar-refractivity contribution in [3.05, 3.63) is 53.9 Å². The Morgan fingerprint density at radius 2 is 1.97 bits per heavy atom. The summed E-state index contributed by atoms with van der Waals surface area (Å²) < 4.78 is 3.73. The number of imidazole rings is 1. The van der Waals surface area contributed by atoms with Crippen molar-refractivity contribution in [2.75, 3.05) is 18.0 Å². The SMILES string of the molecule is Cn1cnc2c1CC[C@H]2NC(=O)c1cnn(Cc2ncc(N3CC4C[C@H]4C3)cn2)c1. The third-order valence-electron chi connectivity index (χ3n) is 6.63. The van der Waals surface area contributed by atoms with Gasteiger partial charge in [-0.25, -0.2) is 15.0 Å². The molecule has 9 nitrogen and oxygen atoms in total. The Morgan fingerprint density at radius 1 is 1.17 bits per heavy atom. The van der Waals surface area contributed by atoms with E-state index in [2.05, 4.69) is 30.3 Å². The Balaban J connectivity index is 1.09. The van der Waals surface area contributed by atoms with Crippen LogP contribution in [0.5, 0.6) is 0 Å². The summed E-state index contributed by atoms with van der Waals surface area (Å²) in [5.74, 6) is 2.32. The zero-order valence-corrected chi connectivity index (χ0v) is 16.9. The molecule has 1 amide bonds. The minimum absolute atomic E-state index is 0.0375. The van der Waals surface area contributed by atoms with E-state index >= 15 is 0 Å². The molecule has 1 unspecified atom stereocenters. The standard InChI is InChI=1S/C21H24N8O/c1-27-12-24-20-17(2-3-18(20)27)26-21(30)15-5-25-29(10-15)11-19-22-6-16(7-23-19)28-8-13-4-14(13)9-28/h5-7,10,12-14,17H,2-4,8-9,11H2,1H3,(H,26,30)/t13-,14?,17+/m0/s1. The van der Waals surface area contributed by atoms with Crippen molar-refractivity contribution in [3.63, 3.8) is 0 Å². The number of nitrogens with zero attached hydrogens (tertiary/aromatic N) is 7. The Labute approximate surface area is 174 Å². The molecule has 3 atom stereocenters. The molecular formula is C21H24N8O. The van der Waals surface area contributed by atoms with Crippen LogP contribution in [0, 0.1) is 11.8 Å². The number of hydrogen-bond acceptors (Lipinski definition) is 6. The molecule has 3 aromatic rings. The first kappa shape index (κ1) is 17.6. The number of amides is 1. The number of hydrogen-bond donors (Lipinski definition) is 1. The lowest BCUT2D eigenvalue weighted by atomic mass is 10.2. The number of anilines is 1. The summed E-state index contributed by atoms with van der Waals surface area (Å²) in [6.07, 6.45) is 12.1. The van der Waals surface area contributed by atoms with Gasteiger partial charge < -0.3 is 14.8 Å². The van der Waals surface area contributed by atoms with Gasteiger partial charge in [-0.15, -0.1) is 0 Å². The maximum absolute atomic E-state index is 12.7. The van der Waals surface area contributed by atoms with Crippen molar-refractivity contribution < 1.29 is 4.79 Å². The van der Waals surface area contributed by atoms with Gasteiger partial charge in [0.25, 0.3) is 5.91 Å². The first-order valence-corrected chi connectivity index (χ1v) is 10.5. The molecule has 0 bridgehead atoms. The number of carbonyl (C=O) groups excluding carboxylic acids is 1. The van der Waals surface area contributed by atoms with Gasteiger partial charge in [0.05, 0.1) is 47.9 Å². The first-order chi connectivity index (χ1) is 14.6. The quantitative estimate of drug-likeness (QED) is 0.690. The van der Waals surface area contributed by atoms with Gasteiger partial charge in [0.1, 0.15) is 12.4 Å². The average molecular weight is 404 g/mol. The molecule has 1 N–H and O–H groups in total. The van der Waals surface area contributed by atoms with E-state index in [0.717, 1.165) is 49.1 Å². The van der Waals surface area contributed by atoms with E-state index < -0.39 is 0 Å². The van der Waals surface area contributed by atoms with Gasteiger partial charge >= 0.3 is 0 Å². The van der Waals surface area contributed by atoms with Gasteiger partial charge in [-0.05, 0) is 31.1 Å². The monoisotopic (exact) mass is 404 g/mol. The van der Waals surface area contributed by atoms with Crippen LogP contribution in [-0.2, 0) is 20.0 Å². The number of aryl methyl sites for hydroxylation is 1. The van der Waals surface area contributed by atoms with E-state index in [1.165, 1.54) is 12.1 Å². The molecule has 0 radical (unpaired) electrons. The largest absolute Gasteiger partial charge is 0.368 e. The van der Waals surface area contributed by atoms with Crippen molar-refractivity contribution in [1.82, 2.24) is 34.6 Å². The number of piperidine rings is 1. The Hall–Kier alpha value is -3.23. The summed E-state index contributed by atoms with van der Waals surface area (Å²) in [5.41, 5.74) is 3.80. The Kier molecular flexibility index (Phi) is 3.90. The van der Waals surface area contributed by atoms with E-state index in [9.17, 15) is 4.79 Å². The van der Waals surface area contributed by atoms with Crippen LogP contribution in [0.3, 0.4) is 0 Å². The van der Waals surface area contributed by atoms with Crippen LogP contribution in [0.1, 0.15) is 46.5 Å². The minimum atomic E-state index is -0.131. The van der Waals surface area contributed by atoms with Crippen molar-refractivity contribution in [1.29, 1.82) is 0 Å².